The molecule has 1 aromatic carbocycles. The summed E-state index contributed by atoms with van der Waals surface area (Å²) in [5, 5.41) is 19.8. The first kappa shape index (κ1) is 18.8. The Kier molecular flexibility index (Phi) is 5.09. The van der Waals surface area contributed by atoms with Crippen LogP contribution in [0.4, 0.5) is 0 Å². The number of hydrogen-bond donors (Lipinski definition) is 2. The van der Waals surface area contributed by atoms with Crippen LogP contribution < -0.4 is 9.47 Å². The third kappa shape index (κ3) is 3.23. The van der Waals surface area contributed by atoms with Crippen LogP contribution in [0.2, 0.25) is 0 Å². The van der Waals surface area contributed by atoms with Crippen LogP contribution in [-0.2, 0) is 13.0 Å². The number of carbonyl (C=O) groups is 2. The second kappa shape index (κ2) is 7.32. The summed E-state index contributed by atoms with van der Waals surface area (Å²) in [6, 6.07) is 4.65. The van der Waals surface area contributed by atoms with Gasteiger partial charge in [-0.15, -0.1) is 0 Å². The highest BCUT2D eigenvalue weighted by molar-refractivity contribution is 5.96. The van der Waals surface area contributed by atoms with E-state index in [1.54, 1.807) is 19.1 Å². The van der Waals surface area contributed by atoms with Crippen LogP contribution in [-0.4, -0.2) is 47.8 Å². The number of fused-ring (bicyclic) bond motifs is 1. The molecule has 27 heavy (non-hydrogen) atoms. The molecule has 0 saturated heterocycles. The molecule has 2 aromatic rings. The average molecular weight is 375 g/mol. The number of benzene rings is 1. The maximum Gasteiger partial charge on any atom is 0.339 e. The topological polar surface area (TPSA) is 109 Å². The maximum absolute atomic E-state index is 12.9. The van der Waals surface area contributed by atoms with Crippen LogP contribution in [0.5, 0.6) is 11.5 Å². The Bertz CT molecular complexity index is 886. The van der Waals surface area contributed by atoms with E-state index < -0.39 is 18.0 Å². The Morgan fingerprint density at radius 2 is 1.93 bits per heavy atom. The van der Waals surface area contributed by atoms with Crippen LogP contribution in [0.15, 0.2) is 22.6 Å². The van der Waals surface area contributed by atoms with Gasteiger partial charge in [0, 0.05) is 23.6 Å². The van der Waals surface area contributed by atoms with Gasteiger partial charge in [-0.25, -0.2) is 4.79 Å². The van der Waals surface area contributed by atoms with Crippen molar-refractivity contribution in [2.75, 3.05) is 20.8 Å². The lowest BCUT2D eigenvalue weighted by atomic mass is 9.95. The Hall–Kier alpha value is -3.00. The van der Waals surface area contributed by atoms with Crippen molar-refractivity contribution in [3.63, 3.8) is 0 Å². The van der Waals surface area contributed by atoms with E-state index in [-0.39, 0.29) is 30.2 Å². The first-order chi connectivity index (χ1) is 12.9. The van der Waals surface area contributed by atoms with Crippen LogP contribution in [0.25, 0.3) is 0 Å². The number of aryl methyl sites for hydroxylation is 1. The number of ether oxygens (including phenoxy) is 2. The van der Waals surface area contributed by atoms with Crippen molar-refractivity contribution in [2.45, 2.75) is 26.0 Å². The fraction of sp³-hybridized carbons (Fsp3) is 0.368. The number of carboxylic acid groups (broad SMARTS) is 1. The minimum atomic E-state index is -1.15. The van der Waals surface area contributed by atoms with Gasteiger partial charge in [0.15, 0.2) is 5.76 Å². The Morgan fingerprint density at radius 1 is 1.26 bits per heavy atom. The zero-order chi connectivity index (χ0) is 19.7. The molecule has 1 atom stereocenters. The van der Waals surface area contributed by atoms with Crippen molar-refractivity contribution in [3.05, 3.63) is 46.4 Å². The van der Waals surface area contributed by atoms with Gasteiger partial charge in [0.2, 0.25) is 0 Å². The number of nitrogens with zero attached hydrogens (tertiary/aromatic N) is 1. The van der Waals surface area contributed by atoms with Crippen molar-refractivity contribution in [2.24, 2.45) is 0 Å². The number of furan rings is 1. The quantitative estimate of drug-likeness (QED) is 0.825. The highest BCUT2D eigenvalue weighted by Gasteiger charge is 2.34. The van der Waals surface area contributed by atoms with E-state index in [1.165, 1.54) is 25.2 Å². The summed E-state index contributed by atoms with van der Waals surface area (Å²) in [5.41, 5.74) is 1.20. The summed E-state index contributed by atoms with van der Waals surface area (Å²) in [5.74, 6) is -0.422. The predicted octanol–water partition coefficient (Wildman–Crippen LogP) is 2.25. The number of carboxylic acids is 1. The summed E-state index contributed by atoms with van der Waals surface area (Å²) >= 11 is 0. The first-order valence-corrected chi connectivity index (χ1v) is 8.48. The molecule has 144 valence electrons. The van der Waals surface area contributed by atoms with E-state index in [9.17, 15) is 19.8 Å². The second-order valence-corrected chi connectivity index (χ2v) is 6.17. The molecule has 8 nitrogen and oxygen atoms in total. The number of hydrogen-bond acceptors (Lipinski definition) is 6. The fourth-order valence-corrected chi connectivity index (χ4v) is 3.36. The first-order valence-electron chi connectivity index (χ1n) is 8.48. The third-order valence-electron chi connectivity index (χ3n) is 4.65. The molecule has 8 heteroatoms. The molecule has 0 saturated carbocycles. The molecule has 0 fully saturated rings. The van der Waals surface area contributed by atoms with E-state index in [2.05, 4.69) is 0 Å². The molecule has 1 unspecified atom stereocenters. The third-order valence-corrected chi connectivity index (χ3v) is 4.65. The summed E-state index contributed by atoms with van der Waals surface area (Å²) in [6.45, 7) is 1.95. The van der Waals surface area contributed by atoms with Gasteiger partial charge in [-0.05, 0) is 12.1 Å². The van der Waals surface area contributed by atoms with Crippen molar-refractivity contribution < 1.29 is 33.7 Å². The number of rotatable bonds is 5. The number of carbonyl (C=O) groups excluding carboxylic acids is 1. The smallest absolute Gasteiger partial charge is 0.339 e. The largest absolute Gasteiger partial charge is 0.496 e. The lowest BCUT2D eigenvalue weighted by Crippen LogP contribution is -2.38. The molecule has 1 amide bonds. The summed E-state index contributed by atoms with van der Waals surface area (Å²) in [7, 11) is 3.02. The Labute approximate surface area is 155 Å². The molecular weight excluding hydrogens is 354 g/mol. The number of aliphatic hydroxyl groups excluding tert-OH is 1. The summed E-state index contributed by atoms with van der Waals surface area (Å²) in [4.78, 5) is 25.6. The van der Waals surface area contributed by atoms with Gasteiger partial charge in [-0.3, -0.25) is 4.79 Å². The van der Waals surface area contributed by atoms with Gasteiger partial charge in [-0.1, -0.05) is 6.92 Å². The molecule has 0 radical (unpaired) electrons. The SMILES string of the molecule is CCc1oc(C(=O)N2Cc3c(OC)ccc(OC)c3C(O)C2)cc1C(=O)O. The summed E-state index contributed by atoms with van der Waals surface area (Å²) < 4.78 is 16.1. The van der Waals surface area contributed by atoms with E-state index >= 15 is 0 Å². The van der Waals surface area contributed by atoms with Crippen LogP contribution in [0.1, 0.15) is 50.8 Å². The van der Waals surface area contributed by atoms with E-state index in [0.29, 0.717) is 29.0 Å². The van der Waals surface area contributed by atoms with Crippen molar-refractivity contribution in [3.8, 4) is 11.5 Å². The molecule has 1 aliphatic rings. The van der Waals surface area contributed by atoms with Crippen molar-refractivity contribution >= 4 is 11.9 Å². The number of aromatic carboxylic acids is 1. The number of amides is 1. The molecule has 0 aliphatic carbocycles. The Morgan fingerprint density at radius 3 is 2.48 bits per heavy atom. The standard InChI is InChI=1S/C19H21NO7/c1-4-13-10(19(23)24)7-16(27-13)18(22)20-8-11-14(25-2)5-6-15(26-3)17(11)12(21)9-20/h5-7,12,21H,4,8-9H2,1-3H3,(H,23,24). The molecule has 0 bridgehead atoms. The molecule has 2 N–H and O–H groups in total. The predicted molar refractivity (Wildman–Crippen MR) is 94.3 cm³/mol. The van der Waals surface area contributed by atoms with Gasteiger partial charge in [0.05, 0.1) is 27.3 Å². The van der Waals surface area contributed by atoms with Crippen molar-refractivity contribution in [1.82, 2.24) is 4.90 Å². The van der Waals surface area contributed by atoms with Gasteiger partial charge in [0.1, 0.15) is 28.9 Å². The monoisotopic (exact) mass is 375 g/mol. The minimum absolute atomic E-state index is 0.0277. The molecule has 0 spiro atoms. The number of β-amino-alcohol motifs (C(OH)–C–C–N with tert-alkyl or cyclic N) is 1. The lowest BCUT2D eigenvalue weighted by Gasteiger charge is -2.33. The zero-order valence-electron chi connectivity index (χ0n) is 15.3. The highest BCUT2D eigenvalue weighted by atomic mass is 16.5. The van der Waals surface area contributed by atoms with E-state index in [4.69, 9.17) is 13.9 Å². The van der Waals surface area contributed by atoms with Gasteiger partial charge in [0.25, 0.3) is 5.91 Å². The molecule has 1 aliphatic heterocycles. The second-order valence-electron chi connectivity index (χ2n) is 6.17. The highest BCUT2D eigenvalue weighted by Crippen LogP contribution is 2.39. The average Bonchev–Trinajstić information content (AvgIpc) is 3.11. The van der Waals surface area contributed by atoms with Crippen molar-refractivity contribution in [1.29, 1.82) is 0 Å². The normalized spacial score (nSPS) is 16.0. The zero-order valence-corrected chi connectivity index (χ0v) is 15.3. The number of aliphatic hydroxyl groups is 1. The van der Waals surface area contributed by atoms with Crippen LogP contribution in [0.3, 0.4) is 0 Å². The molecule has 2 heterocycles. The molecule has 1 aromatic heterocycles. The van der Waals surface area contributed by atoms with E-state index in [0.717, 1.165) is 0 Å². The van der Waals surface area contributed by atoms with Gasteiger partial charge in [-0.2, -0.15) is 0 Å². The summed E-state index contributed by atoms with van der Waals surface area (Å²) in [6.07, 6.45) is -0.618. The number of methoxy groups -OCH3 is 2. The fourth-order valence-electron chi connectivity index (χ4n) is 3.36. The van der Waals surface area contributed by atoms with E-state index in [1.807, 2.05) is 0 Å². The molecule has 3 rings (SSSR count). The van der Waals surface area contributed by atoms with Gasteiger partial charge < -0.3 is 29.0 Å². The van der Waals surface area contributed by atoms with Gasteiger partial charge >= 0.3 is 5.97 Å². The Balaban J connectivity index is 1.97. The maximum atomic E-state index is 12.9. The van der Waals surface area contributed by atoms with Crippen LogP contribution in [0, 0.1) is 0 Å². The molecular formula is C19H21NO7. The minimum Gasteiger partial charge on any atom is -0.496 e. The van der Waals surface area contributed by atoms with Crippen LogP contribution >= 0.6 is 0 Å². The lowest BCUT2D eigenvalue weighted by molar-refractivity contribution is 0.0509.